The molecule has 0 aliphatic carbocycles. The number of carbonyl (C=O) groups is 3. The molecule has 0 aromatic heterocycles. The van der Waals surface area contributed by atoms with Gasteiger partial charge >= 0.3 is 0 Å². The summed E-state index contributed by atoms with van der Waals surface area (Å²) in [5.41, 5.74) is 0. The van der Waals surface area contributed by atoms with Gasteiger partial charge in [-0.1, -0.05) is 0 Å². The van der Waals surface area contributed by atoms with Crippen molar-refractivity contribution in [3.05, 3.63) is 0 Å². The molecule has 0 unspecified atom stereocenters. The smallest absolute Gasteiger partial charge is 0.232 e. The van der Waals surface area contributed by atoms with Gasteiger partial charge in [0.25, 0.3) is 0 Å². The summed E-state index contributed by atoms with van der Waals surface area (Å²) < 4.78 is 0. The van der Waals surface area contributed by atoms with E-state index in [0.29, 0.717) is 19.4 Å². The van der Waals surface area contributed by atoms with Gasteiger partial charge in [-0.25, -0.2) is 0 Å². The van der Waals surface area contributed by atoms with Crippen LogP contribution in [0.15, 0.2) is 0 Å². The molecule has 1 heterocycles. The lowest BCUT2D eigenvalue weighted by atomic mass is 10.3. The minimum atomic E-state index is -0.254. The molecule has 1 saturated heterocycles. The number of aldehydes is 1. The maximum Gasteiger partial charge on any atom is 0.232 e. The van der Waals surface area contributed by atoms with Gasteiger partial charge in [0.05, 0.1) is 6.54 Å². The second-order valence-corrected chi connectivity index (χ2v) is 3.86. The molecule has 1 aliphatic heterocycles. The fourth-order valence-corrected chi connectivity index (χ4v) is 1.65. The van der Waals surface area contributed by atoms with Gasteiger partial charge in [0.2, 0.25) is 11.8 Å². The summed E-state index contributed by atoms with van der Waals surface area (Å²) in [7, 11) is 0. The van der Waals surface area contributed by atoms with Gasteiger partial charge in [-0.05, 0) is 13.8 Å². The molecule has 0 aromatic rings. The molecule has 84 valence electrons. The highest BCUT2D eigenvalue weighted by atomic mass is 16.2. The average molecular weight is 212 g/mol. The topological polar surface area (TPSA) is 57.7 Å². The zero-order valence-electron chi connectivity index (χ0n) is 9.10. The Bertz CT molecular complexity index is 276. The summed E-state index contributed by atoms with van der Waals surface area (Å²) in [5.74, 6) is -0.404. The van der Waals surface area contributed by atoms with Gasteiger partial charge in [-0.3, -0.25) is 9.59 Å². The molecule has 5 nitrogen and oxygen atoms in total. The van der Waals surface area contributed by atoms with Crippen LogP contribution in [-0.4, -0.2) is 53.6 Å². The van der Waals surface area contributed by atoms with E-state index >= 15 is 0 Å². The van der Waals surface area contributed by atoms with Crippen molar-refractivity contribution in [1.29, 1.82) is 0 Å². The van der Waals surface area contributed by atoms with Crippen LogP contribution >= 0.6 is 0 Å². The van der Waals surface area contributed by atoms with Crippen LogP contribution in [0.3, 0.4) is 0 Å². The molecule has 1 rings (SSSR count). The molecule has 0 saturated carbocycles. The van der Waals surface area contributed by atoms with Crippen LogP contribution in [0.5, 0.6) is 0 Å². The molecule has 15 heavy (non-hydrogen) atoms. The average Bonchev–Trinajstić information content (AvgIpc) is 2.27. The van der Waals surface area contributed by atoms with Crippen molar-refractivity contribution in [1.82, 2.24) is 9.80 Å². The lowest BCUT2D eigenvalue weighted by Gasteiger charge is -2.24. The standard InChI is InChI=1S/C10H16N2O3/c1-8(2)12-4-3-11(5-6-13)9(14)7-10(12)15/h6,8H,3-5,7H2,1-2H3. The van der Waals surface area contributed by atoms with Gasteiger partial charge in [-0.15, -0.1) is 0 Å². The maximum absolute atomic E-state index is 11.6. The van der Waals surface area contributed by atoms with Gasteiger partial charge < -0.3 is 14.6 Å². The predicted molar refractivity (Wildman–Crippen MR) is 54.1 cm³/mol. The molecular formula is C10H16N2O3. The Balaban J connectivity index is 2.71. The zero-order chi connectivity index (χ0) is 11.4. The summed E-state index contributed by atoms with van der Waals surface area (Å²) in [6, 6.07) is 0.0986. The van der Waals surface area contributed by atoms with Crippen molar-refractivity contribution >= 4 is 18.1 Å². The minimum Gasteiger partial charge on any atom is -0.338 e. The molecule has 2 amide bonds. The molecule has 0 aromatic carbocycles. The van der Waals surface area contributed by atoms with Crippen LogP contribution in [0.25, 0.3) is 0 Å². The summed E-state index contributed by atoms with van der Waals surface area (Å²) >= 11 is 0. The number of rotatable bonds is 3. The fraction of sp³-hybridized carbons (Fsp3) is 0.700. The van der Waals surface area contributed by atoms with E-state index in [9.17, 15) is 14.4 Å². The third-order valence-corrected chi connectivity index (χ3v) is 2.50. The molecular weight excluding hydrogens is 196 g/mol. The largest absolute Gasteiger partial charge is 0.338 e. The molecule has 1 fully saturated rings. The molecule has 1 aliphatic rings. The van der Waals surface area contributed by atoms with E-state index in [0.717, 1.165) is 0 Å². The van der Waals surface area contributed by atoms with Gasteiger partial charge in [0.1, 0.15) is 12.7 Å². The first-order valence-corrected chi connectivity index (χ1v) is 5.07. The van der Waals surface area contributed by atoms with E-state index in [1.165, 1.54) is 4.90 Å². The van der Waals surface area contributed by atoms with E-state index in [1.54, 1.807) is 4.90 Å². The second-order valence-electron chi connectivity index (χ2n) is 3.86. The molecule has 0 spiro atoms. The Morgan fingerprint density at radius 2 is 1.93 bits per heavy atom. The third-order valence-electron chi connectivity index (χ3n) is 2.50. The molecule has 0 bridgehead atoms. The van der Waals surface area contributed by atoms with Crippen LogP contribution in [0, 0.1) is 0 Å². The summed E-state index contributed by atoms with van der Waals surface area (Å²) in [4.78, 5) is 36.5. The fourth-order valence-electron chi connectivity index (χ4n) is 1.65. The number of amides is 2. The van der Waals surface area contributed by atoms with Crippen LogP contribution in [0.4, 0.5) is 0 Å². The van der Waals surface area contributed by atoms with Crippen molar-refractivity contribution in [3.63, 3.8) is 0 Å². The Hall–Kier alpha value is -1.39. The highest BCUT2D eigenvalue weighted by molar-refractivity contribution is 5.98. The highest BCUT2D eigenvalue weighted by Crippen LogP contribution is 2.08. The minimum absolute atomic E-state index is 0.0814. The van der Waals surface area contributed by atoms with Crippen LogP contribution in [0.2, 0.25) is 0 Å². The summed E-state index contributed by atoms with van der Waals surface area (Å²) in [5, 5.41) is 0. The number of carbonyl (C=O) groups excluding carboxylic acids is 3. The first kappa shape index (κ1) is 11.7. The Morgan fingerprint density at radius 3 is 2.47 bits per heavy atom. The lowest BCUT2D eigenvalue weighted by molar-refractivity contribution is -0.138. The van der Waals surface area contributed by atoms with Crippen molar-refractivity contribution in [2.24, 2.45) is 0 Å². The highest BCUT2D eigenvalue weighted by Gasteiger charge is 2.27. The number of nitrogens with zero attached hydrogens (tertiary/aromatic N) is 2. The van der Waals surface area contributed by atoms with E-state index in [2.05, 4.69) is 0 Å². The monoisotopic (exact) mass is 212 g/mol. The molecule has 0 radical (unpaired) electrons. The van der Waals surface area contributed by atoms with Crippen LogP contribution in [0.1, 0.15) is 20.3 Å². The molecule has 0 N–H and O–H groups in total. The van der Waals surface area contributed by atoms with Gasteiger partial charge in [0, 0.05) is 19.1 Å². The number of hydrogen-bond donors (Lipinski definition) is 0. The van der Waals surface area contributed by atoms with E-state index in [4.69, 9.17) is 0 Å². The molecule has 5 heteroatoms. The van der Waals surface area contributed by atoms with Crippen LogP contribution < -0.4 is 0 Å². The van der Waals surface area contributed by atoms with E-state index < -0.39 is 0 Å². The maximum atomic E-state index is 11.6. The van der Waals surface area contributed by atoms with E-state index in [-0.39, 0.29) is 30.8 Å². The predicted octanol–water partition coefficient (Wildman–Crippen LogP) is -0.345. The lowest BCUT2D eigenvalue weighted by Crippen LogP contribution is -2.38. The summed E-state index contributed by atoms with van der Waals surface area (Å²) in [6.07, 6.45) is 0.569. The van der Waals surface area contributed by atoms with Crippen molar-refractivity contribution < 1.29 is 14.4 Å². The van der Waals surface area contributed by atoms with Crippen molar-refractivity contribution in [2.45, 2.75) is 26.3 Å². The zero-order valence-corrected chi connectivity index (χ0v) is 9.10. The Morgan fingerprint density at radius 1 is 1.27 bits per heavy atom. The Kier molecular flexibility index (Phi) is 3.82. The number of hydrogen-bond acceptors (Lipinski definition) is 3. The van der Waals surface area contributed by atoms with Gasteiger partial charge in [0.15, 0.2) is 0 Å². The second kappa shape index (κ2) is 4.91. The SMILES string of the molecule is CC(C)N1CCN(CC=O)C(=O)CC1=O. The normalized spacial score (nSPS) is 18.3. The Labute approximate surface area is 89.0 Å². The van der Waals surface area contributed by atoms with Crippen molar-refractivity contribution in [2.75, 3.05) is 19.6 Å². The molecule has 0 atom stereocenters. The summed E-state index contributed by atoms with van der Waals surface area (Å²) in [6.45, 7) is 4.87. The third kappa shape index (κ3) is 2.78. The van der Waals surface area contributed by atoms with Crippen LogP contribution in [-0.2, 0) is 14.4 Å². The first-order chi connectivity index (χ1) is 7.06. The van der Waals surface area contributed by atoms with E-state index in [1.807, 2.05) is 13.8 Å². The van der Waals surface area contributed by atoms with Gasteiger partial charge in [-0.2, -0.15) is 0 Å². The quantitative estimate of drug-likeness (QED) is 0.475. The van der Waals surface area contributed by atoms with Crippen molar-refractivity contribution in [3.8, 4) is 0 Å². The first-order valence-electron chi connectivity index (χ1n) is 5.07.